The lowest BCUT2D eigenvalue weighted by molar-refractivity contribution is 0.0522. The monoisotopic (exact) mass is 294 g/mol. The highest BCUT2D eigenvalue weighted by Gasteiger charge is 2.23. The number of nitrogens with zero attached hydrogens (tertiary/aromatic N) is 3. The fourth-order valence-corrected chi connectivity index (χ4v) is 3.01. The second kappa shape index (κ2) is 7.56. The summed E-state index contributed by atoms with van der Waals surface area (Å²) in [7, 11) is 1.87. The van der Waals surface area contributed by atoms with Crippen LogP contribution in [0.15, 0.2) is 6.20 Å². The molecule has 1 aliphatic rings. The van der Waals surface area contributed by atoms with Gasteiger partial charge in [0.15, 0.2) is 0 Å². The first-order chi connectivity index (χ1) is 10.2. The SMILES string of the molecule is CCOC(=O)c1cnn(C)c1CN1CCCC(CCN)C1. The molecule has 6 nitrogen and oxygen atoms in total. The minimum atomic E-state index is -0.281. The summed E-state index contributed by atoms with van der Waals surface area (Å²) in [5, 5.41) is 4.21. The van der Waals surface area contributed by atoms with E-state index in [1.165, 1.54) is 12.8 Å². The Bertz CT molecular complexity index is 470. The number of ether oxygens (including phenoxy) is 1. The van der Waals surface area contributed by atoms with Crippen molar-refractivity contribution >= 4 is 5.97 Å². The molecule has 0 spiro atoms. The molecule has 1 fully saturated rings. The summed E-state index contributed by atoms with van der Waals surface area (Å²) in [5.41, 5.74) is 7.18. The molecule has 6 heteroatoms. The topological polar surface area (TPSA) is 73.4 Å². The van der Waals surface area contributed by atoms with E-state index in [0.29, 0.717) is 18.1 Å². The Labute approximate surface area is 126 Å². The van der Waals surface area contributed by atoms with Crippen LogP contribution >= 0.6 is 0 Å². The van der Waals surface area contributed by atoms with E-state index in [-0.39, 0.29) is 5.97 Å². The van der Waals surface area contributed by atoms with Crippen LogP contribution in [0.25, 0.3) is 0 Å². The predicted molar refractivity (Wildman–Crippen MR) is 80.8 cm³/mol. The summed E-state index contributed by atoms with van der Waals surface area (Å²) < 4.78 is 6.88. The fraction of sp³-hybridized carbons (Fsp3) is 0.733. The summed E-state index contributed by atoms with van der Waals surface area (Å²) >= 11 is 0. The summed E-state index contributed by atoms with van der Waals surface area (Å²) in [4.78, 5) is 14.4. The van der Waals surface area contributed by atoms with Crippen LogP contribution in [0.2, 0.25) is 0 Å². The lowest BCUT2D eigenvalue weighted by Gasteiger charge is -2.32. The van der Waals surface area contributed by atoms with Crippen molar-refractivity contribution in [1.82, 2.24) is 14.7 Å². The van der Waals surface area contributed by atoms with Crippen LogP contribution < -0.4 is 5.73 Å². The molecule has 2 rings (SSSR count). The number of likely N-dealkylation sites (tertiary alicyclic amines) is 1. The van der Waals surface area contributed by atoms with Gasteiger partial charge in [-0.3, -0.25) is 9.58 Å². The number of carbonyl (C=O) groups excluding carboxylic acids is 1. The number of piperidine rings is 1. The molecule has 118 valence electrons. The highest BCUT2D eigenvalue weighted by molar-refractivity contribution is 5.90. The van der Waals surface area contributed by atoms with Crippen molar-refractivity contribution in [2.75, 3.05) is 26.2 Å². The predicted octanol–water partition coefficient (Wildman–Crippen LogP) is 1.16. The maximum Gasteiger partial charge on any atom is 0.341 e. The first kappa shape index (κ1) is 16.0. The van der Waals surface area contributed by atoms with Crippen LogP contribution in [-0.2, 0) is 18.3 Å². The Morgan fingerprint density at radius 3 is 3.10 bits per heavy atom. The van der Waals surface area contributed by atoms with Crippen molar-refractivity contribution in [3.05, 3.63) is 17.5 Å². The zero-order valence-corrected chi connectivity index (χ0v) is 13.0. The molecule has 1 aliphatic heterocycles. The molecule has 1 aromatic heterocycles. The number of esters is 1. The molecule has 2 N–H and O–H groups in total. The molecule has 0 amide bonds. The third-order valence-corrected chi connectivity index (χ3v) is 4.11. The van der Waals surface area contributed by atoms with Gasteiger partial charge in [0.05, 0.1) is 18.5 Å². The van der Waals surface area contributed by atoms with E-state index in [4.69, 9.17) is 10.5 Å². The van der Waals surface area contributed by atoms with Crippen LogP contribution in [-0.4, -0.2) is 46.9 Å². The summed E-state index contributed by atoms with van der Waals surface area (Å²) in [6, 6.07) is 0. The van der Waals surface area contributed by atoms with E-state index >= 15 is 0 Å². The molecule has 0 saturated carbocycles. The highest BCUT2D eigenvalue weighted by atomic mass is 16.5. The lowest BCUT2D eigenvalue weighted by Crippen LogP contribution is -2.36. The van der Waals surface area contributed by atoms with Gasteiger partial charge >= 0.3 is 5.97 Å². The number of hydrogen-bond acceptors (Lipinski definition) is 5. The molecular formula is C15H26N4O2. The molecule has 0 bridgehead atoms. The van der Waals surface area contributed by atoms with Crippen molar-refractivity contribution in [2.45, 2.75) is 32.7 Å². The van der Waals surface area contributed by atoms with Gasteiger partial charge in [-0.2, -0.15) is 5.10 Å². The standard InChI is InChI=1S/C15H26N4O2/c1-3-21-15(20)13-9-17-18(2)14(13)11-19-8-4-5-12(10-19)6-7-16/h9,12H,3-8,10-11,16H2,1-2H3. The van der Waals surface area contributed by atoms with E-state index < -0.39 is 0 Å². The summed E-state index contributed by atoms with van der Waals surface area (Å²) in [6.45, 7) is 5.80. The Morgan fingerprint density at radius 1 is 1.57 bits per heavy atom. The quantitative estimate of drug-likeness (QED) is 0.797. The smallest absolute Gasteiger partial charge is 0.341 e. The molecule has 1 aromatic rings. The second-order valence-corrected chi connectivity index (χ2v) is 5.67. The minimum Gasteiger partial charge on any atom is -0.462 e. The van der Waals surface area contributed by atoms with Gasteiger partial charge in [-0.1, -0.05) is 0 Å². The van der Waals surface area contributed by atoms with Crippen molar-refractivity contribution in [3.8, 4) is 0 Å². The first-order valence-electron chi connectivity index (χ1n) is 7.76. The fourth-order valence-electron chi connectivity index (χ4n) is 3.01. The molecule has 21 heavy (non-hydrogen) atoms. The third kappa shape index (κ3) is 4.04. The Hall–Kier alpha value is -1.40. The van der Waals surface area contributed by atoms with Gasteiger partial charge in [-0.15, -0.1) is 0 Å². The number of aryl methyl sites for hydroxylation is 1. The van der Waals surface area contributed by atoms with E-state index in [9.17, 15) is 4.79 Å². The van der Waals surface area contributed by atoms with Crippen LogP contribution in [0.1, 0.15) is 42.2 Å². The van der Waals surface area contributed by atoms with E-state index in [1.807, 2.05) is 14.0 Å². The average Bonchev–Trinajstić information content (AvgIpc) is 2.81. The molecule has 0 aromatic carbocycles. The Balaban J connectivity index is 2.05. The van der Waals surface area contributed by atoms with Crippen molar-refractivity contribution < 1.29 is 9.53 Å². The average molecular weight is 294 g/mol. The van der Waals surface area contributed by atoms with E-state index in [0.717, 1.165) is 38.3 Å². The van der Waals surface area contributed by atoms with Gasteiger partial charge < -0.3 is 10.5 Å². The normalized spacial score (nSPS) is 19.7. The first-order valence-corrected chi connectivity index (χ1v) is 7.76. The number of hydrogen-bond donors (Lipinski definition) is 1. The molecular weight excluding hydrogens is 268 g/mol. The number of nitrogens with two attached hydrogens (primary N) is 1. The van der Waals surface area contributed by atoms with E-state index in [1.54, 1.807) is 10.9 Å². The van der Waals surface area contributed by atoms with Gasteiger partial charge in [0.25, 0.3) is 0 Å². The summed E-state index contributed by atoms with van der Waals surface area (Å²) in [5.74, 6) is 0.388. The number of rotatable bonds is 6. The van der Waals surface area contributed by atoms with Crippen molar-refractivity contribution in [1.29, 1.82) is 0 Å². The number of carbonyl (C=O) groups is 1. The molecule has 0 radical (unpaired) electrons. The number of aromatic nitrogens is 2. The molecule has 2 heterocycles. The van der Waals surface area contributed by atoms with Gasteiger partial charge in [-0.25, -0.2) is 4.79 Å². The molecule has 1 saturated heterocycles. The molecule has 1 unspecified atom stereocenters. The van der Waals surface area contributed by atoms with Crippen molar-refractivity contribution in [3.63, 3.8) is 0 Å². The largest absolute Gasteiger partial charge is 0.462 e. The van der Waals surface area contributed by atoms with Gasteiger partial charge in [0.2, 0.25) is 0 Å². The maximum absolute atomic E-state index is 12.0. The Kier molecular flexibility index (Phi) is 5.76. The maximum atomic E-state index is 12.0. The zero-order valence-electron chi connectivity index (χ0n) is 13.0. The van der Waals surface area contributed by atoms with Gasteiger partial charge in [0.1, 0.15) is 5.56 Å². The van der Waals surface area contributed by atoms with Crippen LogP contribution in [0.5, 0.6) is 0 Å². The van der Waals surface area contributed by atoms with E-state index in [2.05, 4.69) is 10.00 Å². The zero-order chi connectivity index (χ0) is 15.2. The van der Waals surface area contributed by atoms with Crippen LogP contribution in [0.3, 0.4) is 0 Å². The minimum absolute atomic E-state index is 0.281. The highest BCUT2D eigenvalue weighted by Crippen LogP contribution is 2.22. The van der Waals surface area contributed by atoms with Gasteiger partial charge in [-0.05, 0) is 45.2 Å². The van der Waals surface area contributed by atoms with Crippen LogP contribution in [0.4, 0.5) is 0 Å². The third-order valence-electron chi connectivity index (χ3n) is 4.11. The lowest BCUT2D eigenvalue weighted by atomic mass is 9.94. The molecule has 0 aliphatic carbocycles. The second-order valence-electron chi connectivity index (χ2n) is 5.67. The van der Waals surface area contributed by atoms with Gasteiger partial charge in [0, 0.05) is 20.1 Å². The molecule has 1 atom stereocenters. The van der Waals surface area contributed by atoms with Crippen molar-refractivity contribution in [2.24, 2.45) is 18.7 Å². The summed E-state index contributed by atoms with van der Waals surface area (Å²) in [6.07, 6.45) is 5.13. The van der Waals surface area contributed by atoms with Crippen LogP contribution in [0, 0.1) is 5.92 Å². The Morgan fingerprint density at radius 2 is 2.38 bits per heavy atom.